The van der Waals surface area contributed by atoms with Gasteiger partial charge in [0, 0.05) is 11.6 Å². The number of hydrogen-bond acceptors (Lipinski definition) is 4. The first kappa shape index (κ1) is 9.44. The van der Waals surface area contributed by atoms with Gasteiger partial charge >= 0.3 is 0 Å². The van der Waals surface area contributed by atoms with E-state index in [4.69, 9.17) is 11.1 Å². The molecular weight excluding hydrogens is 188 g/mol. The van der Waals surface area contributed by atoms with E-state index in [0.717, 1.165) is 16.5 Å². The standard InChI is InChI=1S/C11H10N4/c1-7-2-3-10-9(4-7)11(15-13)8(5-12)6-14-10/h2-4,6H,13H2,1H3,(H,14,15). The van der Waals surface area contributed by atoms with Crippen LogP contribution in [0.25, 0.3) is 10.9 Å². The van der Waals surface area contributed by atoms with Gasteiger partial charge in [-0.2, -0.15) is 5.26 Å². The summed E-state index contributed by atoms with van der Waals surface area (Å²) in [7, 11) is 0. The Bertz CT molecular complexity index is 554. The van der Waals surface area contributed by atoms with Crippen LogP contribution in [0, 0.1) is 18.3 Å². The number of benzene rings is 1. The van der Waals surface area contributed by atoms with E-state index in [1.54, 1.807) is 0 Å². The van der Waals surface area contributed by atoms with E-state index in [1.165, 1.54) is 6.20 Å². The Kier molecular flexibility index (Phi) is 2.24. The van der Waals surface area contributed by atoms with Crippen LogP contribution in [0.15, 0.2) is 24.4 Å². The first-order valence-electron chi connectivity index (χ1n) is 4.52. The molecule has 0 aliphatic rings. The zero-order valence-electron chi connectivity index (χ0n) is 8.28. The molecule has 0 amide bonds. The highest BCUT2D eigenvalue weighted by Gasteiger charge is 2.06. The van der Waals surface area contributed by atoms with Crippen molar-refractivity contribution in [3.63, 3.8) is 0 Å². The molecule has 0 atom stereocenters. The maximum Gasteiger partial charge on any atom is 0.103 e. The molecule has 0 spiro atoms. The molecule has 4 heteroatoms. The van der Waals surface area contributed by atoms with Crippen LogP contribution < -0.4 is 11.3 Å². The number of hydrazine groups is 1. The number of nitrogens with one attached hydrogen (secondary N) is 1. The van der Waals surface area contributed by atoms with Crippen LogP contribution in [-0.2, 0) is 0 Å². The van der Waals surface area contributed by atoms with Gasteiger partial charge in [-0.1, -0.05) is 11.6 Å². The van der Waals surface area contributed by atoms with Crippen molar-refractivity contribution in [2.75, 3.05) is 5.43 Å². The molecule has 3 N–H and O–H groups in total. The Hall–Kier alpha value is -2.12. The lowest BCUT2D eigenvalue weighted by atomic mass is 10.1. The summed E-state index contributed by atoms with van der Waals surface area (Å²) in [5.74, 6) is 5.41. The van der Waals surface area contributed by atoms with Gasteiger partial charge in [0.2, 0.25) is 0 Å². The highest BCUT2D eigenvalue weighted by atomic mass is 15.2. The van der Waals surface area contributed by atoms with Gasteiger partial charge in [-0.25, -0.2) is 0 Å². The summed E-state index contributed by atoms with van der Waals surface area (Å²) in [5.41, 5.74) is 5.57. The van der Waals surface area contributed by atoms with Crippen LogP contribution in [0.2, 0.25) is 0 Å². The third-order valence-corrected chi connectivity index (χ3v) is 2.29. The quantitative estimate of drug-likeness (QED) is 0.540. The summed E-state index contributed by atoms with van der Waals surface area (Å²) >= 11 is 0. The zero-order chi connectivity index (χ0) is 10.8. The van der Waals surface area contributed by atoms with E-state index >= 15 is 0 Å². The van der Waals surface area contributed by atoms with Crippen molar-refractivity contribution in [1.29, 1.82) is 5.26 Å². The smallest absolute Gasteiger partial charge is 0.103 e. The van der Waals surface area contributed by atoms with E-state index < -0.39 is 0 Å². The Morgan fingerprint density at radius 2 is 2.27 bits per heavy atom. The predicted octanol–water partition coefficient (Wildman–Crippen LogP) is 1.70. The van der Waals surface area contributed by atoms with Crippen molar-refractivity contribution in [2.45, 2.75) is 6.92 Å². The number of aryl methyl sites for hydroxylation is 1. The van der Waals surface area contributed by atoms with E-state index in [2.05, 4.69) is 16.5 Å². The Labute approximate surface area is 87.3 Å². The van der Waals surface area contributed by atoms with Crippen LogP contribution in [0.3, 0.4) is 0 Å². The highest BCUT2D eigenvalue weighted by molar-refractivity contribution is 5.94. The minimum Gasteiger partial charge on any atom is -0.322 e. The Balaban J connectivity index is 2.86. The van der Waals surface area contributed by atoms with E-state index in [1.807, 2.05) is 25.1 Å². The van der Waals surface area contributed by atoms with Gasteiger partial charge in [0.25, 0.3) is 0 Å². The summed E-state index contributed by atoms with van der Waals surface area (Å²) in [5, 5.41) is 9.76. The largest absolute Gasteiger partial charge is 0.322 e. The van der Waals surface area contributed by atoms with Crippen molar-refractivity contribution in [1.82, 2.24) is 4.98 Å². The van der Waals surface area contributed by atoms with Gasteiger partial charge in [0.15, 0.2) is 0 Å². The van der Waals surface area contributed by atoms with Gasteiger partial charge in [-0.05, 0) is 19.1 Å². The summed E-state index contributed by atoms with van der Waals surface area (Å²) < 4.78 is 0. The topological polar surface area (TPSA) is 74.7 Å². The second kappa shape index (κ2) is 3.56. The van der Waals surface area contributed by atoms with Crippen LogP contribution in [0.4, 0.5) is 5.69 Å². The maximum absolute atomic E-state index is 8.89. The van der Waals surface area contributed by atoms with Crippen LogP contribution >= 0.6 is 0 Å². The van der Waals surface area contributed by atoms with Crippen LogP contribution in [0.1, 0.15) is 11.1 Å². The third-order valence-electron chi connectivity index (χ3n) is 2.29. The molecule has 0 aliphatic carbocycles. The molecule has 0 bridgehead atoms. The molecule has 0 unspecified atom stereocenters. The van der Waals surface area contributed by atoms with Crippen molar-refractivity contribution in [2.24, 2.45) is 5.84 Å². The lowest BCUT2D eigenvalue weighted by molar-refractivity contribution is 1.30. The average Bonchev–Trinajstić information content (AvgIpc) is 2.27. The summed E-state index contributed by atoms with van der Waals surface area (Å²) in [6.07, 6.45) is 1.52. The van der Waals surface area contributed by atoms with Crippen molar-refractivity contribution >= 4 is 16.6 Å². The second-order valence-corrected chi connectivity index (χ2v) is 3.32. The average molecular weight is 198 g/mol. The molecule has 1 heterocycles. The van der Waals surface area contributed by atoms with Crippen LogP contribution in [0.5, 0.6) is 0 Å². The predicted molar refractivity (Wildman–Crippen MR) is 59.0 cm³/mol. The lowest BCUT2D eigenvalue weighted by Crippen LogP contribution is -2.09. The SMILES string of the molecule is Cc1ccc2ncc(C#N)c(NN)c2c1. The number of nitriles is 1. The molecule has 0 saturated carbocycles. The van der Waals surface area contributed by atoms with E-state index in [9.17, 15) is 0 Å². The van der Waals surface area contributed by atoms with Gasteiger partial charge < -0.3 is 5.43 Å². The molecule has 1 aromatic heterocycles. The molecule has 1 aromatic carbocycles. The molecular formula is C11H10N4. The molecule has 0 fully saturated rings. The first-order chi connectivity index (χ1) is 7.26. The second-order valence-electron chi connectivity index (χ2n) is 3.32. The number of nitrogen functional groups attached to an aromatic ring is 1. The van der Waals surface area contributed by atoms with Crippen molar-refractivity contribution < 1.29 is 0 Å². The normalized spacial score (nSPS) is 9.93. The molecule has 0 radical (unpaired) electrons. The van der Waals surface area contributed by atoms with E-state index in [-0.39, 0.29) is 0 Å². The number of nitrogens with zero attached hydrogens (tertiary/aromatic N) is 2. The Morgan fingerprint density at radius 3 is 2.93 bits per heavy atom. The fourth-order valence-corrected chi connectivity index (χ4v) is 1.55. The van der Waals surface area contributed by atoms with Crippen LogP contribution in [-0.4, -0.2) is 4.98 Å². The summed E-state index contributed by atoms with van der Waals surface area (Å²) in [6.45, 7) is 1.98. The molecule has 74 valence electrons. The van der Waals surface area contributed by atoms with Gasteiger partial charge in [0.1, 0.15) is 6.07 Å². The van der Waals surface area contributed by atoms with Gasteiger partial charge in [-0.15, -0.1) is 0 Å². The molecule has 4 nitrogen and oxygen atoms in total. The number of rotatable bonds is 1. The minimum atomic E-state index is 0.454. The third kappa shape index (κ3) is 1.49. The zero-order valence-corrected chi connectivity index (χ0v) is 8.28. The number of anilines is 1. The highest BCUT2D eigenvalue weighted by Crippen LogP contribution is 2.25. The first-order valence-corrected chi connectivity index (χ1v) is 4.52. The Morgan fingerprint density at radius 1 is 1.47 bits per heavy atom. The van der Waals surface area contributed by atoms with E-state index in [0.29, 0.717) is 11.3 Å². The fraction of sp³-hybridized carbons (Fsp3) is 0.0909. The molecule has 0 aliphatic heterocycles. The minimum absolute atomic E-state index is 0.454. The van der Waals surface area contributed by atoms with Gasteiger partial charge in [0.05, 0.1) is 16.8 Å². The van der Waals surface area contributed by atoms with Gasteiger partial charge in [-0.3, -0.25) is 10.8 Å². The molecule has 2 rings (SSSR count). The lowest BCUT2D eigenvalue weighted by Gasteiger charge is -2.07. The summed E-state index contributed by atoms with van der Waals surface area (Å²) in [4.78, 5) is 4.18. The number of hydrogen-bond donors (Lipinski definition) is 2. The fourth-order valence-electron chi connectivity index (χ4n) is 1.55. The van der Waals surface area contributed by atoms with Crippen molar-refractivity contribution in [3.8, 4) is 6.07 Å². The maximum atomic E-state index is 8.89. The number of nitrogens with two attached hydrogens (primary N) is 1. The van der Waals surface area contributed by atoms with Crippen molar-refractivity contribution in [3.05, 3.63) is 35.5 Å². The summed E-state index contributed by atoms with van der Waals surface area (Å²) in [6, 6.07) is 7.89. The number of pyridine rings is 1. The molecule has 0 saturated heterocycles. The number of aromatic nitrogens is 1. The monoisotopic (exact) mass is 198 g/mol. The molecule has 15 heavy (non-hydrogen) atoms. The number of fused-ring (bicyclic) bond motifs is 1. The molecule has 2 aromatic rings.